The lowest BCUT2D eigenvalue weighted by atomic mass is 9.61. The molecule has 0 unspecified atom stereocenters. The quantitative estimate of drug-likeness (QED) is 0.391. The molecular weight excluding hydrogens is 376 g/mol. The highest BCUT2D eigenvalue weighted by Gasteiger charge is 2.40. The van der Waals surface area contributed by atoms with E-state index in [9.17, 15) is 4.79 Å². The highest BCUT2D eigenvalue weighted by atomic mass is 16.1. The first-order valence-electron chi connectivity index (χ1n) is 13.6. The van der Waals surface area contributed by atoms with Crippen molar-refractivity contribution in [1.82, 2.24) is 0 Å². The maximum atomic E-state index is 13.5. The minimum Gasteiger partial charge on any atom is -0.299 e. The SMILES string of the molecule is CC(C)(C)CC1CCC(C(=O)C(C)(C)CCC(C)(C)C2CCC(C(C)(C)C)CC2)CC1. The minimum absolute atomic E-state index is 0.165. The molecule has 0 N–H and O–H groups in total. The lowest BCUT2D eigenvalue weighted by Gasteiger charge is -2.44. The zero-order valence-corrected chi connectivity index (χ0v) is 23.0. The first-order valence-corrected chi connectivity index (χ1v) is 13.6. The lowest BCUT2D eigenvalue weighted by molar-refractivity contribution is -0.133. The first-order chi connectivity index (χ1) is 14.0. The van der Waals surface area contributed by atoms with Crippen molar-refractivity contribution in [2.24, 2.45) is 45.3 Å². The van der Waals surface area contributed by atoms with Crippen LogP contribution in [0.25, 0.3) is 0 Å². The van der Waals surface area contributed by atoms with Gasteiger partial charge in [0.1, 0.15) is 5.78 Å². The Hall–Kier alpha value is -0.330. The second-order valence-corrected chi connectivity index (χ2v) is 15.1. The van der Waals surface area contributed by atoms with Crippen molar-refractivity contribution in [2.45, 2.75) is 140 Å². The van der Waals surface area contributed by atoms with Crippen molar-refractivity contribution in [1.29, 1.82) is 0 Å². The van der Waals surface area contributed by atoms with Crippen LogP contribution in [0, 0.1) is 45.3 Å². The molecule has 0 heterocycles. The number of rotatable bonds is 7. The molecule has 0 spiro atoms. The topological polar surface area (TPSA) is 17.1 Å². The number of carbonyl (C=O) groups is 1. The van der Waals surface area contributed by atoms with Gasteiger partial charge in [0.2, 0.25) is 0 Å². The third-order valence-corrected chi connectivity index (χ3v) is 9.24. The molecule has 0 aromatic carbocycles. The highest BCUT2D eigenvalue weighted by Crippen LogP contribution is 2.48. The minimum atomic E-state index is -0.165. The molecule has 0 atom stereocenters. The summed E-state index contributed by atoms with van der Waals surface area (Å²) < 4.78 is 0. The summed E-state index contributed by atoms with van der Waals surface area (Å²) in [4.78, 5) is 13.5. The first kappa shape index (κ1) is 26.9. The summed E-state index contributed by atoms with van der Waals surface area (Å²) in [5, 5.41) is 0. The molecule has 0 saturated heterocycles. The molecule has 31 heavy (non-hydrogen) atoms. The number of carbonyl (C=O) groups excluding carboxylic acids is 1. The zero-order valence-electron chi connectivity index (χ0n) is 23.0. The predicted molar refractivity (Wildman–Crippen MR) is 136 cm³/mol. The van der Waals surface area contributed by atoms with E-state index in [4.69, 9.17) is 0 Å². The molecule has 0 aromatic heterocycles. The molecule has 2 aliphatic rings. The molecule has 0 aliphatic heterocycles. The highest BCUT2D eigenvalue weighted by molar-refractivity contribution is 5.86. The summed E-state index contributed by atoms with van der Waals surface area (Å²) in [5.74, 6) is 3.41. The predicted octanol–water partition coefficient (Wildman–Crippen LogP) is 9.48. The Balaban J connectivity index is 1.84. The van der Waals surface area contributed by atoms with Crippen LogP contribution in [-0.2, 0) is 4.79 Å². The Morgan fingerprint density at radius 1 is 0.645 bits per heavy atom. The van der Waals surface area contributed by atoms with Gasteiger partial charge < -0.3 is 0 Å². The van der Waals surface area contributed by atoms with Crippen LogP contribution in [0.15, 0.2) is 0 Å². The second kappa shape index (κ2) is 9.89. The van der Waals surface area contributed by atoms with Gasteiger partial charge in [-0.25, -0.2) is 0 Å². The lowest BCUT2D eigenvalue weighted by Crippen LogP contribution is -2.36. The molecule has 0 aromatic rings. The largest absolute Gasteiger partial charge is 0.299 e. The van der Waals surface area contributed by atoms with Crippen LogP contribution < -0.4 is 0 Å². The van der Waals surface area contributed by atoms with Gasteiger partial charge in [-0.2, -0.15) is 0 Å². The van der Waals surface area contributed by atoms with E-state index in [1.54, 1.807) is 0 Å². The summed E-state index contributed by atoms with van der Waals surface area (Å²) in [6.07, 6.45) is 13.8. The summed E-state index contributed by atoms with van der Waals surface area (Å²) in [6.45, 7) is 23.7. The standard InChI is InChI=1S/C30H56O/c1-27(2,3)21-22-11-13-23(14-12-22)26(31)30(9,10)20-19-29(7,8)25-17-15-24(16-18-25)28(4,5)6/h22-25H,11-21H2,1-10H3. The number of Topliss-reactive ketones (excluding diaryl/α,β-unsaturated/α-hetero) is 1. The molecule has 1 heteroatoms. The van der Waals surface area contributed by atoms with Crippen molar-refractivity contribution in [3.8, 4) is 0 Å². The van der Waals surface area contributed by atoms with Crippen molar-refractivity contribution >= 4 is 5.78 Å². The van der Waals surface area contributed by atoms with E-state index in [1.165, 1.54) is 51.4 Å². The Labute approximate surface area is 195 Å². The normalized spacial score (nSPS) is 29.1. The van der Waals surface area contributed by atoms with Gasteiger partial charge in [-0.1, -0.05) is 69.2 Å². The van der Waals surface area contributed by atoms with Crippen molar-refractivity contribution in [2.75, 3.05) is 0 Å². The Kier molecular flexibility index (Phi) is 8.58. The van der Waals surface area contributed by atoms with Gasteiger partial charge in [-0.15, -0.1) is 0 Å². The maximum absolute atomic E-state index is 13.5. The smallest absolute Gasteiger partial charge is 0.141 e. The number of hydrogen-bond donors (Lipinski definition) is 0. The van der Waals surface area contributed by atoms with Crippen molar-refractivity contribution in [3.05, 3.63) is 0 Å². The third kappa shape index (κ3) is 7.89. The van der Waals surface area contributed by atoms with Crippen molar-refractivity contribution < 1.29 is 4.79 Å². The molecule has 182 valence electrons. The zero-order chi connectivity index (χ0) is 23.7. The summed E-state index contributed by atoms with van der Waals surface area (Å²) in [6, 6.07) is 0. The molecule has 0 bridgehead atoms. The monoisotopic (exact) mass is 432 g/mol. The van der Waals surface area contributed by atoms with E-state index in [2.05, 4.69) is 69.2 Å². The third-order valence-electron chi connectivity index (χ3n) is 9.24. The molecule has 2 fully saturated rings. The van der Waals surface area contributed by atoms with Crippen LogP contribution in [0.5, 0.6) is 0 Å². The van der Waals surface area contributed by atoms with Gasteiger partial charge in [-0.3, -0.25) is 4.79 Å². The van der Waals surface area contributed by atoms with E-state index in [0.717, 1.165) is 37.0 Å². The fourth-order valence-electron chi connectivity index (χ4n) is 6.75. The van der Waals surface area contributed by atoms with Gasteiger partial charge >= 0.3 is 0 Å². The average Bonchev–Trinajstić information content (AvgIpc) is 2.65. The van der Waals surface area contributed by atoms with E-state index >= 15 is 0 Å². The Morgan fingerprint density at radius 2 is 1.13 bits per heavy atom. The van der Waals surface area contributed by atoms with Gasteiger partial charge in [0.05, 0.1) is 0 Å². The van der Waals surface area contributed by atoms with E-state index < -0.39 is 0 Å². The molecular formula is C30H56O. The number of ketones is 1. The summed E-state index contributed by atoms with van der Waals surface area (Å²) in [7, 11) is 0. The summed E-state index contributed by atoms with van der Waals surface area (Å²) in [5.41, 5.74) is 1.06. The van der Waals surface area contributed by atoms with E-state index in [0.29, 0.717) is 27.9 Å². The van der Waals surface area contributed by atoms with Gasteiger partial charge in [-0.05, 0) is 105 Å². The van der Waals surface area contributed by atoms with Gasteiger partial charge in [0.15, 0.2) is 0 Å². The summed E-state index contributed by atoms with van der Waals surface area (Å²) >= 11 is 0. The number of hydrogen-bond acceptors (Lipinski definition) is 1. The Morgan fingerprint density at radius 3 is 1.58 bits per heavy atom. The van der Waals surface area contributed by atoms with E-state index in [1.807, 2.05) is 0 Å². The molecule has 2 saturated carbocycles. The van der Waals surface area contributed by atoms with Crippen LogP contribution in [0.2, 0.25) is 0 Å². The van der Waals surface area contributed by atoms with Crippen LogP contribution in [0.3, 0.4) is 0 Å². The maximum Gasteiger partial charge on any atom is 0.141 e. The van der Waals surface area contributed by atoms with Crippen LogP contribution >= 0.6 is 0 Å². The van der Waals surface area contributed by atoms with Crippen LogP contribution in [-0.4, -0.2) is 5.78 Å². The average molecular weight is 433 g/mol. The fourth-order valence-corrected chi connectivity index (χ4v) is 6.75. The molecule has 2 rings (SSSR count). The molecule has 2 aliphatic carbocycles. The Bertz CT molecular complexity index is 567. The second-order valence-electron chi connectivity index (χ2n) is 15.1. The molecule has 0 radical (unpaired) electrons. The van der Waals surface area contributed by atoms with Gasteiger partial charge in [0, 0.05) is 11.3 Å². The fraction of sp³-hybridized carbons (Fsp3) is 0.967. The van der Waals surface area contributed by atoms with Gasteiger partial charge in [0.25, 0.3) is 0 Å². The van der Waals surface area contributed by atoms with Crippen LogP contribution in [0.4, 0.5) is 0 Å². The van der Waals surface area contributed by atoms with E-state index in [-0.39, 0.29) is 5.41 Å². The van der Waals surface area contributed by atoms with Crippen LogP contribution in [0.1, 0.15) is 140 Å². The molecule has 0 amide bonds. The van der Waals surface area contributed by atoms with Crippen molar-refractivity contribution in [3.63, 3.8) is 0 Å². The molecule has 1 nitrogen and oxygen atoms in total.